The standard InChI is InChI=1S/C21H18N2O3/c24-18-12-21(26-19-8-4-2-6-15(18)19)9-10-23(13-21)20(25)17-11-14-5-1-3-7-16(14)22-17/h1-8,11,22H,9-10,12-13H2. The third-order valence-electron chi connectivity index (χ3n) is 5.36. The van der Waals surface area contributed by atoms with Crippen LogP contribution in [-0.2, 0) is 0 Å². The number of benzene rings is 2. The molecule has 2 aliphatic heterocycles. The second-order valence-corrected chi connectivity index (χ2v) is 7.13. The summed E-state index contributed by atoms with van der Waals surface area (Å²) in [5.74, 6) is 0.670. The second-order valence-electron chi connectivity index (χ2n) is 7.13. The molecule has 1 aromatic heterocycles. The minimum atomic E-state index is -0.604. The highest BCUT2D eigenvalue weighted by Gasteiger charge is 2.47. The minimum absolute atomic E-state index is 0.0482. The molecule has 5 heteroatoms. The van der Waals surface area contributed by atoms with Crippen LogP contribution >= 0.6 is 0 Å². The molecule has 0 saturated carbocycles. The molecular weight excluding hydrogens is 328 g/mol. The Labute approximate surface area is 150 Å². The van der Waals surface area contributed by atoms with Crippen LogP contribution in [0.25, 0.3) is 10.9 Å². The number of amides is 1. The Morgan fingerprint density at radius 1 is 1.12 bits per heavy atom. The number of carbonyl (C=O) groups excluding carboxylic acids is 2. The van der Waals surface area contributed by atoms with Crippen LogP contribution in [0, 0.1) is 0 Å². The molecule has 0 bridgehead atoms. The lowest BCUT2D eigenvalue weighted by Crippen LogP contribution is -2.45. The normalized spacial score (nSPS) is 21.8. The number of nitrogens with one attached hydrogen (secondary N) is 1. The van der Waals surface area contributed by atoms with E-state index in [1.807, 2.05) is 48.5 Å². The lowest BCUT2D eigenvalue weighted by atomic mass is 9.89. The topological polar surface area (TPSA) is 62.4 Å². The van der Waals surface area contributed by atoms with Crippen molar-refractivity contribution >= 4 is 22.6 Å². The van der Waals surface area contributed by atoms with Gasteiger partial charge in [0, 0.05) is 23.9 Å². The zero-order chi connectivity index (χ0) is 17.7. The fraction of sp³-hybridized carbons (Fsp3) is 0.238. The van der Waals surface area contributed by atoms with Crippen molar-refractivity contribution in [2.45, 2.75) is 18.4 Å². The number of ketones is 1. The number of fused-ring (bicyclic) bond motifs is 2. The molecule has 1 spiro atoms. The van der Waals surface area contributed by atoms with Gasteiger partial charge < -0.3 is 14.6 Å². The van der Waals surface area contributed by atoms with E-state index in [1.165, 1.54) is 0 Å². The zero-order valence-corrected chi connectivity index (χ0v) is 14.2. The number of nitrogens with zero attached hydrogens (tertiary/aromatic N) is 1. The van der Waals surface area contributed by atoms with Crippen molar-refractivity contribution in [3.63, 3.8) is 0 Å². The van der Waals surface area contributed by atoms with Gasteiger partial charge in [-0.05, 0) is 24.3 Å². The fourth-order valence-electron chi connectivity index (χ4n) is 4.05. The summed E-state index contributed by atoms with van der Waals surface area (Å²) in [6.07, 6.45) is 0.986. The number of Topliss-reactive ketones (excluding diaryl/α,β-unsaturated/α-hetero) is 1. The van der Waals surface area contributed by atoms with Crippen LogP contribution in [0.1, 0.15) is 33.7 Å². The van der Waals surface area contributed by atoms with E-state index < -0.39 is 5.60 Å². The van der Waals surface area contributed by atoms with Gasteiger partial charge in [0.25, 0.3) is 5.91 Å². The molecule has 0 aliphatic carbocycles. The zero-order valence-electron chi connectivity index (χ0n) is 14.2. The van der Waals surface area contributed by atoms with Crippen molar-refractivity contribution < 1.29 is 14.3 Å². The molecule has 1 fully saturated rings. The first kappa shape index (κ1) is 15.2. The smallest absolute Gasteiger partial charge is 0.270 e. The maximum atomic E-state index is 12.9. The van der Waals surface area contributed by atoms with Gasteiger partial charge in [-0.3, -0.25) is 9.59 Å². The van der Waals surface area contributed by atoms with E-state index >= 15 is 0 Å². The van der Waals surface area contributed by atoms with Crippen molar-refractivity contribution in [3.8, 4) is 5.75 Å². The highest BCUT2D eigenvalue weighted by molar-refractivity contribution is 6.01. The summed E-state index contributed by atoms with van der Waals surface area (Å²) >= 11 is 0. The number of hydrogen-bond donors (Lipinski definition) is 1. The highest BCUT2D eigenvalue weighted by atomic mass is 16.5. The molecule has 5 nitrogen and oxygen atoms in total. The largest absolute Gasteiger partial charge is 0.484 e. The molecule has 1 unspecified atom stereocenters. The number of H-pyrrole nitrogens is 1. The van der Waals surface area contributed by atoms with Crippen molar-refractivity contribution in [3.05, 3.63) is 65.9 Å². The van der Waals surface area contributed by atoms with Crippen LogP contribution in [0.5, 0.6) is 5.75 Å². The first-order valence-electron chi connectivity index (χ1n) is 8.82. The first-order chi connectivity index (χ1) is 12.6. The van der Waals surface area contributed by atoms with E-state index in [9.17, 15) is 9.59 Å². The van der Waals surface area contributed by atoms with Crippen LogP contribution in [0.4, 0.5) is 0 Å². The number of aromatic nitrogens is 1. The number of rotatable bonds is 1. The van der Waals surface area contributed by atoms with Gasteiger partial charge in [-0.1, -0.05) is 30.3 Å². The number of para-hydroxylation sites is 2. The molecule has 1 N–H and O–H groups in total. The van der Waals surface area contributed by atoms with Gasteiger partial charge >= 0.3 is 0 Å². The molecule has 130 valence electrons. The summed E-state index contributed by atoms with van der Waals surface area (Å²) in [6, 6.07) is 17.1. The van der Waals surface area contributed by atoms with Gasteiger partial charge in [-0.25, -0.2) is 0 Å². The molecule has 1 atom stereocenters. The molecule has 2 aliphatic rings. The number of carbonyl (C=O) groups is 2. The molecule has 26 heavy (non-hydrogen) atoms. The van der Waals surface area contributed by atoms with Gasteiger partial charge in [0.05, 0.1) is 18.5 Å². The monoisotopic (exact) mass is 346 g/mol. The number of hydrogen-bond acceptors (Lipinski definition) is 3. The van der Waals surface area contributed by atoms with E-state index in [0.29, 0.717) is 42.9 Å². The summed E-state index contributed by atoms with van der Waals surface area (Å²) in [7, 11) is 0. The van der Waals surface area contributed by atoms with Crippen LogP contribution in [0.15, 0.2) is 54.6 Å². The molecule has 0 radical (unpaired) electrons. The van der Waals surface area contributed by atoms with Gasteiger partial charge in [-0.2, -0.15) is 0 Å². The Hall–Kier alpha value is -3.08. The van der Waals surface area contributed by atoms with Gasteiger partial charge in [0.15, 0.2) is 5.78 Å². The fourth-order valence-corrected chi connectivity index (χ4v) is 4.05. The molecule has 5 rings (SSSR count). The summed E-state index contributed by atoms with van der Waals surface area (Å²) in [5.41, 5.74) is 1.56. The molecule has 1 saturated heterocycles. The Bertz CT molecular complexity index is 1010. The van der Waals surface area contributed by atoms with Gasteiger partial charge in [0.1, 0.15) is 17.0 Å². The van der Waals surface area contributed by atoms with Crippen molar-refractivity contribution in [1.82, 2.24) is 9.88 Å². The maximum Gasteiger partial charge on any atom is 0.270 e. The van der Waals surface area contributed by atoms with Crippen LogP contribution in [0.3, 0.4) is 0 Å². The summed E-state index contributed by atoms with van der Waals surface area (Å²) in [5, 5.41) is 1.02. The van der Waals surface area contributed by atoms with Crippen molar-refractivity contribution in [2.75, 3.05) is 13.1 Å². The quantitative estimate of drug-likeness (QED) is 0.734. The molecule has 3 heterocycles. The van der Waals surface area contributed by atoms with Gasteiger partial charge in [0.2, 0.25) is 0 Å². The minimum Gasteiger partial charge on any atom is -0.484 e. The third-order valence-corrected chi connectivity index (χ3v) is 5.36. The maximum absolute atomic E-state index is 12.9. The first-order valence-corrected chi connectivity index (χ1v) is 8.82. The van der Waals surface area contributed by atoms with Gasteiger partial charge in [-0.15, -0.1) is 0 Å². The highest BCUT2D eigenvalue weighted by Crippen LogP contribution is 2.39. The SMILES string of the molecule is O=C1CC2(CCN(C(=O)c3cc4ccccc4[nH]3)C2)Oc2ccccc21. The van der Waals surface area contributed by atoms with Crippen molar-refractivity contribution in [1.29, 1.82) is 0 Å². The Morgan fingerprint density at radius 2 is 1.92 bits per heavy atom. The summed E-state index contributed by atoms with van der Waals surface area (Å²) in [4.78, 5) is 30.4. The summed E-state index contributed by atoms with van der Waals surface area (Å²) in [6.45, 7) is 1.02. The Morgan fingerprint density at radius 3 is 2.81 bits per heavy atom. The predicted octanol–water partition coefficient (Wildman–Crippen LogP) is 3.42. The predicted molar refractivity (Wildman–Crippen MR) is 97.6 cm³/mol. The Kier molecular flexibility index (Phi) is 3.19. The second kappa shape index (κ2) is 5.46. The van der Waals surface area contributed by atoms with Crippen molar-refractivity contribution in [2.24, 2.45) is 0 Å². The lowest BCUT2D eigenvalue weighted by molar-refractivity contribution is 0.0427. The number of aromatic amines is 1. The van der Waals surface area contributed by atoms with Crippen LogP contribution in [-0.4, -0.2) is 40.3 Å². The Balaban J connectivity index is 1.40. The molecular formula is C21H18N2O3. The van der Waals surface area contributed by atoms with E-state index in [2.05, 4.69) is 4.98 Å². The lowest BCUT2D eigenvalue weighted by Gasteiger charge is -2.34. The average Bonchev–Trinajstić information content (AvgIpc) is 3.25. The van der Waals surface area contributed by atoms with E-state index in [-0.39, 0.29) is 11.7 Å². The van der Waals surface area contributed by atoms with Crippen LogP contribution < -0.4 is 4.74 Å². The number of ether oxygens (including phenoxy) is 1. The summed E-state index contributed by atoms with van der Waals surface area (Å²) < 4.78 is 6.20. The molecule has 2 aromatic carbocycles. The van der Waals surface area contributed by atoms with E-state index in [0.717, 1.165) is 10.9 Å². The van der Waals surface area contributed by atoms with E-state index in [1.54, 1.807) is 11.0 Å². The van der Waals surface area contributed by atoms with E-state index in [4.69, 9.17) is 4.74 Å². The number of likely N-dealkylation sites (tertiary alicyclic amines) is 1. The van der Waals surface area contributed by atoms with Crippen LogP contribution in [0.2, 0.25) is 0 Å². The average molecular weight is 346 g/mol. The molecule has 1 amide bonds. The molecule has 3 aromatic rings. The third kappa shape index (κ3) is 2.31.